The van der Waals surface area contributed by atoms with Crippen LogP contribution in [0.4, 0.5) is 4.79 Å². The SMILES string of the molecule is CC1(C)COCN1C(=O)n1cnc(-c2ccccc2)n1. The van der Waals surface area contributed by atoms with E-state index in [9.17, 15) is 4.79 Å². The van der Waals surface area contributed by atoms with Gasteiger partial charge in [-0.2, -0.15) is 4.68 Å². The zero-order chi connectivity index (χ0) is 14.2. The lowest BCUT2D eigenvalue weighted by Gasteiger charge is -2.28. The summed E-state index contributed by atoms with van der Waals surface area (Å²) in [5, 5.41) is 4.25. The van der Waals surface area contributed by atoms with Gasteiger partial charge in [-0.1, -0.05) is 30.3 Å². The van der Waals surface area contributed by atoms with E-state index in [2.05, 4.69) is 10.1 Å². The second-order valence-electron chi connectivity index (χ2n) is 5.38. The molecule has 1 fully saturated rings. The van der Waals surface area contributed by atoms with Crippen LogP contribution in [0.3, 0.4) is 0 Å². The van der Waals surface area contributed by atoms with Gasteiger partial charge in [-0.25, -0.2) is 9.78 Å². The Morgan fingerprint density at radius 3 is 2.70 bits per heavy atom. The quantitative estimate of drug-likeness (QED) is 0.796. The van der Waals surface area contributed by atoms with Gasteiger partial charge in [0, 0.05) is 5.56 Å². The van der Waals surface area contributed by atoms with Crippen molar-refractivity contribution in [3.05, 3.63) is 36.7 Å². The summed E-state index contributed by atoms with van der Waals surface area (Å²) in [5.41, 5.74) is 0.562. The lowest BCUT2D eigenvalue weighted by atomic mass is 10.1. The highest BCUT2D eigenvalue weighted by Gasteiger charge is 2.37. The van der Waals surface area contributed by atoms with Crippen LogP contribution in [-0.2, 0) is 4.74 Å². The van der Waals surface area contributed by atoms with Crippen molar-refractivity contribution in [2.24, 2.45) is 0 Å². The number of carbonyl (C=O) groups excluding carboxylic acids is 1. The molecule has 1 aliphatic rings. The van der Waals surface area contributed by atoms with Crippen LogP contribution in [0.2, 0.25) is 0 Å². The fourth-order valence-electron chi connectivity index (χ4n) is 2.15. The minimum absolute atomic E-state index is 0.220. The predicted octanol–water partition coefficient (Wildman–Crippen LogP) is 1.98. The Morgan fingerprint density at radius 1 is 1.30 bits per heavy atom. The van der Waals surface area contributed by atoms with E-state index in [1.807, 2.05) is 44.2 Å². The molecule has 0 spiro atoms. The molecule has 20 heavy (non-hydrogen) atoms. The van der Waals surface area contributed by atoms with Crippen molar-refractivity contribution in [3.8, 4) is 11.4 Å². The first-order valence-corrected chi connectivity index (χ1v) is 6.45. The van der Waals surface area contributed by atoms with E-state index in [4.69, 9.17) is 4.74 Å². The molecule has 6 nitrogen and oxygen atoms in total. The molecule has 1 aromatic carbocycles. The van der Waals surface area contributed by atoms with Crippen molar-refractivity contribution >= 4 is 6.03 Å². The third-order valence-electron chi connectivity index (χ3n) is 3.36. The number of aromatic nitrogens is 3. The van der Waals surface area contributed by atoms with Crippen molar-refractivity contribution in [1.82, 2.24) is 19.7 Å². The molecule has 1 aliphatic heterocycles. The fraction of sp³-hybridized carbons (Fsp3) is 0.357. The predicted molar refractivity (Wildman–Crippen MR) is 73.0 cm³/mol. The molecule has 3 rings (SSSR count). The molecule has 0 radical (unpaired) electrons. The first kappa shape index (κ1) is 12.8. The highest BCUT2D eigenvalue weighted by molar-refractivity contribution is 5.77. The molecular formula is C14H16N4O2. The second kappa shape index (κ2) is 4.72. The number of hydrogen-bond acceptors (Lipinski definition) is 4. The van der Waals surface area contributed by atoms with Gasteiger partial charge in [0.1, 0.15) is 13.1 Å². The van der Waals surface area contributed by atoms with Gasteiger partial charge < -0.3 is 4.74 Å². The Labute approximate surface area is 117 Å². The monoisotopic (exact) mass is 272 g/mol. The topological polar surface area (TPSA) is 60.2 Å². The highest BCUT2D eigenvalue weighted by atomic mass is 16.5. The molecule has 0 atom stereocenters. The normalized spacial score (nSPS) is 17.4. The number of hydrogen-bond donors (Lipinski definition) is 0. The minimum atomic E-state index is -0.323. The van der Waals surface area contributed by atoms with Crippen molar-refractivity contribution in [2.75, 3.05) is 13.3 Å². The maximum absolute atomic E-state index is 12.4. The molecule has 0 bridgehead atoms. The molecule has 2 aromatic rings. The fourth-order valence-corrected chi connectivity index (χ4v) is 2.15. The molecule has 1 aromatic heterocycles. The summed E-state index contributed by atoms with van der Waals surface area (Å²) < 4.78 is 6.61. The number of carbonyl (C=O) groups is 1. The van der Waals surface area contributed by atoms with Gasteiger partial charge in [-0.05, 0) is 13.8 Å². The molecule has 0 aliphatic carbocycles. The van der Waals surface area contributed by atoms with E-state index < -0.39 is 0 Å². The second-order valence-corrected chi connectivity index (χ2v) is 5.38. The van der Waals surface area contributed by atoms with Crippen LogP contribution in [0.25, 0.3) is 11.4 Å². The van der Waals surface area contributed by atoms with Crippen LogP contribution < -0.4 is 0 Å². The zero-order valence-electron chi connectivity index (χ0n) is 11.5. The van der Waals surface area contributed by atoms with Crippen molar-refractivity contribution in [2.45, 2.75) is 19.4 Å². The van der Waals surface area contributed by atoms with E-state index in [1.54, 1.807) is 4.90 Å². The number of amides is 1. The molecule has 2 heterocycles. The van der Waals surface area contributed by atoms with Crippen molar-refractivity contribution in [3.63, 3.8) is 0 Å². The molecule has 1 amide bonds. The molecule has 0 unspecified atom stereocenters. The van der Waals surface area contributed by atoms with Gasteiger partial charge in [-0.3, -0.25) is 4.90 Å². The van der Waals surface area contributed by atoms with Crippen molar-refractivity contribution in [1.29, 1.82) is 0 Å². The van der Waals surface area contributed by atoms with Crippen LogP contribution in [0.15, 0.2) is 36.7 Å². The summed E-state index contributed by atoms with van der Waals surface area (Å²) in [6.07, 6.45) is 1.44. The van der Waals surface area contributed by atoms with Gasteiger partial charge in [0.2, 0.25) is 0 Å². The number of ether oxygens (including phenoxy) is 1. The number of benzene rings is 1. The van der Waals surface area contributed by atoms with E-state index >= 15 is 0 Å². The van der Waals surface area contributed by atoms with E-state index in [-0.39, 0.29) is 18.3 Å². The van der Waals surface area contributed by atoms with Crippen molar-refractivity contribution < 1.29 is 9.53 Å². The highest BCUT2D eigenvalue weighted by Crippen LogP contribution is 2.22. The maximum Gasteiger partial charge on any atom is 0.348 e. The minimum Gasteiger partial charge on any atom is -0.359 e. The molecule has 1 saturated heterocycles. The van der Waals surface area contributed by atoms with Gasteiger partial charge in [-0.15, -0.1) is 5.10 Å². The Kier molecular flexibility index (Phi) is 3.02. The standard InChI is InChI=1S/C14H16N4O2/c1-14(2)8-20-10-17(14)13(19)18-9-15-12(16-18)11-6-4-3-5-7-11/h3-7,9H,8,10H2,1-2H3. The lowest BCUT2D eigenvalue weighted by molar-refractivity contribution is 0.138. The average Bonchev–Trinajstić information content (AvgIpc) is 3.05. The summed E-state index contributed by atoms with van der Waals surface area (Å²) in [6.45, 7) is 4.74. The Bertz CT molecular complexity index is 621. The molecule has 6 heteroatoms. The van der Waals surface area contributed by atoms with Crippen LogP contribution >= 0.6 is 0 Å². The third kappa shape index (κ3) is 2.18. The summed E-state index contributed by atoms with van der Waals surface area (Å²) in [5.74, 6) is 0.539. The molecule has 104 valence electrons. The Hall–Kier alpha value is -2.21. The first-order chi connectivity index (χ1) is 9.58. The van der Waals surface area contributed by atoms with Crippen LogP contribution in [0.1, 0.15) is 13.8 Å². The van der Waals surface area contributed by atoms with Crippen LogP contribution in [-0.4, -0.2) is 44.6 Å². The maximum atomic E-state index is 12.4. The van der Waals surface area contributed by atoms with E-state index in [0.717, 1.165) is 5.56 Å². The largest absolute Gasteiger partial charge is 0.359 e. The summed E-state index contributed by atoms with van der Waals surface area (Å²) in [4.78, 5) is 18.3. The Morgan fingerprint density at radius 2 is 2.05 bits per heavy atom. The summed E-state index contributed by atoms with van der Waals surface area (Å²) in [7, 11) is 0. The smallest absolute Gasteiger partial charge is 0.348 e. The van der Waals surface area contributed by atoms with Gasteiger partial charge in [0.05, 0.1) is 12.1 Å². The van der Waals surface area contributed by atoms with Crippen LogP contribution in [0, 0.1) is 0 Å². The summed E-state index contributed by atoms with van der Waals surface area (Å²) in [6, 6.07) is 9.35. The lowest BCUT2D eigenvalue weighted by Crippen LogP contribution is -2.46. The van der Waals surface area contributed by atoms with Gasteiger partial charge >= 0.3 is 6.03 Å². The van der Waals surface area contributed by atoms with E-state index in [1.165, 1.54) is 11.0 Å². The zero-order valence-corrected chi connectivity index (χ0v) is 11.5. The summed E-state index contributed by atoms with van der Waals surface area (Å²) >= 11 is 0. The number of nitrogens with zero attached hydrogens (tertiary/aromatic N) is 4. The van der Waals surface area contributed by atoms with Gasteiger partial charge in [0.15, 0.2) is 5.82 Å². The van der Waals surface area contributed by atoms with E-state index in [0.29, 0.717) is 12.4 Å². The first-order valence-electron chi connectivity index (χ1n) is 6.45. The third-order valence-corrected chi connectivity index (χ3v) is 3.36. The number of rotatable bonds is 1. The average molecular weight is 272 g/mol. The van der Waals surface area contributed by atoms with Crippen LogP contribution in [0.5, 0.6) is 0 Å². The Balaban J connectivity index is 1.86. The molecule has 0 N–H and O–H groups in total. The molecular weight excluding hydrogens is 256 g/mol. The molecule has 0 saturated carbocycles. The van der Waals surface area contributed by atoms with Gasteiger partial charge in [0.25, 0.3) is 0 Å².